The van der Waals surface area contributed by atoms with Crippen LogP contribution in [0, 0.1) is 5.82 Å². The number of amides is 1. The number of nitrogens with one attached hydrogen (secondary N) is 1. The second-order valence-corrected chi connectivity index (χ2v) is 9.09. The number of halogens is 1. The molecule has 1 atom stereocenters. The molecule has 8 nitrogen and oxygen atoms in total. The summed E-state index contributed by atoms with van der Waals surface area (Å²) in [5.74, 6) is -1.06. The first-order valence-corrected chi connectivity index (χ1v) is 12.3. The molecular weight excluding hydrogens is 503 g/mol. The highest BCUT2D eigenvalue weighted by atomic mass is 19.1. The number of aliphatic hydroxyl groups excluding tert-OH is 1. The summed E-state index contributed by atoms with van der Waals surface area (Å²) < 4.78 is 30.3. The lowest BCUT2D eigenvalue weighted by molar-refractivity contribution is -0.139. The quantitative estimate of drug-likeness (QED) is 0.189. The topological polar surface area (TPSA) is 101 Å². The summed E-state index contributed by atoms with van der Waals surface area (Å²) in [6.45, 7) is 0.151. The van der Waals surface area contributed by atoms with Crippen LogP contribution in [0.5, 0.6) is 17.2 Å². The van der Waals surface area contributed by atoms with Crippen LogP contribution in [0.15, 0.2) is 72.4 Å². The fraction of sp³-hybridized carbons (Fsp3) is 0.200. The molecule has 0 aliphatic carbocycles. The summed E-state index contributed by atoms with van der Waals surface area (Å²) >= 11 is 0. The number of carbonyl (C=O) groups is 2. The molecule has 1 aliphatic rings. The molecule has 9 heteroatoms. The number of aliphatic hydroxyl groups is 1. The second-order valence-electron chi connectivity index (χ2n) is 9.09. The second kappa shape index (κ2) is 10.5. The third-order valence-electron chi connectivity index (χ3n) is 6.96. The third kappa shape index (κ3) is 4.67. The molecule has 39 heavy (non-hydrogen) atoms. The summed E-state index contributed by atoms with van der Waals surface area (Å²) in [5.41, 5.74) is 2.33. The smallest absolute Gasteiger partial charge is 0.295 e. The number of hydrogen-bond acceptors (Lipinski definition) is 6. The van der Waals surface area contributed by atoms with Crippen molar-refractivity contribution in [2.24, 2.45) is 0 Å². The molecule has 2 N–H and O–H groups in total. The van der Waals surface area contributed by atoms with Gasteiger partial charge in [0.2, 0.25) is 0 Å². The van der Waals surface area contributed by atoms with Gasteiger partial charge in [0, 0.05) is 29.2 Å². The Morgan fingerprint density at radius 1 is 0.974 bits per heavy atom. The number of likely N-dealkylation sites (tertiary alicyclic amines) is 1. The highest BCUT2D eigenvalue weighted by Gasteiger charge is 2.46. The van der Waals surface area contributed by atoms with Crippen molar-refractivity contribution in [3.05, 3.63) is 94.9 Å². The number of H-pyrrole nitrogens is 1. The molecule has 5 rings (SSSR count). The first-order chi connectivity index (χ1) is 18.9. The van der Waals surface area contributed by atoms with Crippen LogP contribution in [0.25, 0.3) is 16.7 Å². The van der Waals surface area contributed by atoms with Gasteiger partial charge in [-0.05, 0) is 66.1 Å². The van der Waals surface area contributed by atoms with Gasteiger partial charge in [-0.25, -0.2) is 4.39 Å². The van der Waals surface area contributed by atoms with Crippen LogP contribution in [-0.4, -0.2) is 54.6 Å². The van der Waals surface area contributed by atoms with Gasteiger partial charge < -0.3 is 29.2 Å². The number of rotatable bonds is 8. The average molecular weight is 531 g/mol. The van der Waals surface area contributed by atoms with Gasteiger partial charge in [-0.2, -0.15) is 0 Å². The molecule has 0 spiro atoms. The Kier molecular flexibility index (Phi) is 6.98. The lowest BCUT2D eigenvalue weighted by Gasteiger charge is -2.25. The zero-order valence-electron chi connectivity index (χ0n) is 21.7. The van der Waals surface area contributed by atoms with Crippen molar-refractivity contribution in [3.8, 4) is 17.2 Å². The van der Waals surface area contributed by atoms with Crippen LogP contribution in [0.3, 0.4) is 0 Å². The number of ketones is 1. The van der Waals surface area contributed by atoms with Crippen LogP contribution in [0.4, 0.5) is 4.39 Å². The summed E-state index contributed by atoms with van der Waals surface area (Å²) in [5, 5.41) is 12.3. The maximum atomic E-state index is 14.3. The Bertz CT molecular complexity index is 1610. The van der Waals surface area contributed by atoms with Gasteiger partial charge in [0.25, 0.3) is 11.7 Å². The Morgan fingerprint density at radius 2 is 1.77 bits per heavy atom. The van der Waals surface area contributed by atoms with Gasteiger partial charge in [-0.1, -0.05) is 12.1 Å². The molecule has 0 saturated carbocycles. The van der Waals surface area contributed by atoms with Crippen molar-refractivity contribution in [1.82, 2.24) is 9.88 Å². The number of benzene rings is 3. The zero-order valence-corrected chi connectivity index (χ0v) is 21.7. The van der Waals surface area contributed by atoms with Gasteiger partial charge in [0.05, 0.1) is 32.9 Å². The molecular formula is C30H27FN2O6. The Morgan fingerprint density at radius 3 is 2.49 bits per heavy atom. The highest BCUT2D eigenvalue weighted by Crippen LogP contribution is 2.41. The van der Waals surface area contributed by atoms with E-state index < -0.39 is 23.5 Å². The maximum Gasteiger partial charge on any atom is 0.295 e. The van der Waals surface area contributed by atoms with E-state index in [4.69, 9.17) is 14.2 Å². The maximum absolute atomic E-state index is 14.3. The SMILES string of the molecule is COc1ccc2[nH]cc(CCN3C(=O)C(=O)C(=C(O)c4ccc(OC)c(OC)c4)[C@H]3c3cccc(F)c3)c2c1. The number of carbonyl (C=O) groups excluding carboxylic acids is 2. The molecule has 0 unspecified atom stereocenters. The van der Waals surface area contributed by atoms with E-state index in [9.17, 15) is 19.1 Å². The number of methoxy groups -OCH3 is 3. The van der Waals surface area contributed by atoms with Crippen molar-refractivity contribution in [2.45, 2.75) is 12.5 Å². The number of hydrogen-bond donors (Lipinski definition) is 2. The summed E-state index contributed by atoms with van der Waals surface area (Å²) in [6.07, 6.45) is 2.25. The van der Waals surface area contributed by atoms with Gasteiger partial charge in [-0.15, -0.1) is 0 Å². The normalized spacial score (nSPS) is 16.6. The molecule has 3 aromatic carbocycles. The summed E-state index contributed by atoms with van der Waals surface area (Å²) in [6, 6.07) is 15.0. The van der Waals surface area contributed by atoms with E-state index in [0.717, 1.165) is 16.5 Å². The number of fused-ring (bicyclic) bond motifs is 1. The van der Waals surface area contributed by atoms with E-state index in [1.807, 2.05) is 24.4 Å². The molecule has 4 aromatic rings. The molecule has 1 fully saturated rings. The standard InChI is InChI=1S/C30H27FN2O6/c1-37-21-8-9-23-22(15-21)19(16-32-23)11-12-33-27(17-5-4-6-20(31)13-17)26(29(35)30(33)36)28(34)18-7-10-24(38-2)25(14-18)39-3/h4-10,13-16,27,32,34H,11-12H2,1-3H3/t27-/m1/s1. The molecule has 0 radical (unpaired) electrons. The van der Waals surface area contributed by atoms with E-state index in [-0.39, 0.29) is 23.4 Å². The van der Waals surface area contributed by atoms with Crippen LogP contribution >= 0.6 is 0 Å². The van der Waals surface area contributed by atoms with Gasteiger partial charge in [0.15, 0.2) is 11.5 Å². The fourth-order valence-corrected chi connectivity index (χ4v) is 5.01. The van der Waals surface area contributed by atoms with Crippen LogP contribution in [-0.2, 0) is 16.0 Å². The van der Waals surface area contributed by atoms with Crippen LogP contribution in [0.2, 0.25) is 0 Å². The largest absolute Gasteiger partial charge is 0.507 e. The number of nitrogens with zero attached hydrogens (tertiary/aromatic N) is 1. The van der Waals surface area contributed by atoms with Crippen LogP contribution in [0.1, 0.15) is 22.7 Å². The minimum absolute atomic E-state index is 0.126. The monoisotopic (exact) mass is 530 g/mol. The van der Waals surface area contributed by atoms with E-state index in [1.165, 1.54) is 43.4 Å². The first kappa shape index (κ1) is 25.8. The van der Waals surface area contributed by atoms with Crippen LogP contribution < -0.4 is 14.2 Å². The minimum Gasteiger partial charge on any atom is -0.507 e. The van der Waals surface area contributed by atoms with Gasteiger partial charge >= 0.3 is 0 Å². The Balaban J connectivity index is 1.57. The molecule has 1 aromatic heterocycles. The molecule has 2 heterocycles. The predicted octanol–water partition coefficient (Wildman–Crippen LogP) is 5.00. The van der Waals surface area contributed by atoms with Crippen molar-refractivity contribution >= 4 is 28.4 Å². The molecule has 1 amide bonds. The van der Waals surface area contributed by atoms with Crippen molar-refractivity contribution < 1.29 is 33.3 Å². The zero-order chi connectivity index (χ0) is 27.7. The average Bonchev–Trinajstić information content (AvgIpc) is 3.48. The first-order valence-electron chi connectivity index (χ1n) is 12.3. The summed E-state index contributed by atoms with van der Waals surface area (Å²) in [7, 11) is 4.52. The van der Waals surface area contributed by atoms with E-state index in [0.29, 0.717) is 29.2 Å². The highest BCUT2D eigenvalue weighted by molar-refractivity contribution is 6.46. The summed E-state index contributed by atoms with van der Waals surface area (Å²) in [4.78, 5) is 31.3. The van der Waals surface area contributed by atoms with Crippen molar-refractivity contribution in [3.63, 3.8) is 0 Å². The third-order valence-corrected chi connectivity index (χ3v) is 6.96. The predicted molar refractivity (Wildman–Crippen MR) is 144 cm³/mol. The van der Waals surface area contributed by atoms with E-state index in [1.54, 1.807) is 25.3 Å². The molecule has 1 saturated heterocycles. The van der Waals surface area contributed by atoms with Crippen molar-refractivity contribution in [2.75, 3.05) is 27.9 Å². The van der Waals surface area contributed by atoms with Crippen molar-refractivity contribution in [1.29, 1.82) is 0 Å². The Hall–Kier alpha value is -4.79. The van der Waals surface area contributed by atoms with E-state index in [2.05, 4.69) is 4.98 Å². The van der Waals surface area contributed by atoms with Gasteiger partial charge in [0.1, 0.15) is 17.3 Å². The molecule has 200 valence electrons. The number of aromatic nitrogens is 1. The van der Waals surface area contributed by atoms with Gasteiger partial charge in [-0.3, -0.25) is 9.59 Å². The Labute approximate surface area is 224 Å². The lowest BCUT2D eigenvalue weighted by Crippen LogP contribution is -2.31. The number of ether oxygens (including phenoxy) is 3. The molecule has 0 bridgehead atoms. The minimum atomic E-state index is -0.992. The number of Topliss-reactive ketones (excluding diaryl/α,β-unsaturated/α-hetero) is 1. The fourth-order valence-electron chi connectivity index (χ4n) is 5.01. The number of aromatic amines is 1. The lowest BCUT2D eigenvalue weighted by atomic mass is 9.95. The van der Waals surface area contributed by atoms with E-state index >= 15 is 0 Å². The molecule has 1 aliphatic heterocycles.